The lowest BCUT2D eigenvalue weighted by Crippen LogP contribution is -2.37. The fourth-order valence-corrected chi connectivity index (χ4v) is 2.82. The minimum atomic E-state index is -0.0346. The van der Waals surface area contributed by atoms with Crippen LogP contribution in [0.25, 0.3) is 0 Å². The zero-order valence-electron chi connectivity index (χ0n) is 13.2. The SMILES string of the molecule is CC(C)N(CC(=O)Nc1ccccc1Br)Cc1cccc(Cl)c1. The zero-order valence-corrected chi connectivity index (χ0v) is 15.6. The van der Waals surface area contributed by atoms with Crippen LogP contribution in [-0.4, -0.2) is 23.4 Å². The van der Waals surface area contributed by atoms with E-state index in [1.807, 2.05) is 48.5 Å². The van der Waals surface area contributed by atoms with Crippen molar-refractivity contribution >= 4 is 39.1 Å². The summed E-state index contributed by atoms with van der Waals surface area (Å²) in [5.74, 6) is -0.0346. The van der Waals surface area contributed by atoms with E-state index in [4.69, 9.17) is 11.6 Å². The maximum Gasteiger partial charge on any atom is 0.238 e. The number of carbonyl (C=O) groups is 1. The van der Waals surface area contributed by atoms with Gasteiger partial charge in [-0.25, -0.2) is 0 Å². The van der Waals surface area contributed by atoms with Crippen LogP contribution in [0.4, 0.5) is 5.69 Å². The first-order chi connectivity index (χ1) is 11.0. The smallest absolute Gasteiger partial charge is 0.238 e. The summed E-state index contributed by atoms with van der Waals surface area (Å²) < 4.78 is 0.874. The maximum atomic E-state index is 12.3. The van der Waals surface area contributed by atoms with Crippen molar-refractivity contribution in [1.29, 1.82) is 0 Å². The second kappa shape index (κ2) is 8.48. The molecule has 3 nitrogen and oxygen atoms in total. The minimum absolute atomic E-state index is 0.0346. The summed E-state index contributed by atoms with van der Waals surface area (Å²) >= 11 is 9.47. The number of para-hydroxylation sites is 1. The van der Waals surface area contributed by atoms with Crippen LogP contribution >= 0.6 is 27.5 Å². The summed E-state index contributed by atoms with van der Waals surface area (Å²) in [5, 5.41) is 3.65. The Morgan fingerprint density at radius 1 is 1.22 bits per heavy atom. The number of halogens is 2. The number of benzene rings is 2. The fraction of sp³-hybridized carbons (Fsp3) is 0.278. The van der Waals surface area contributed by atoms with Gasteiger partial charge in [-0.1, -0.05) is 35.9 Å². The quantitative estimate of drug-likeness (QED) is 0.750. The molecule has 2 aromatic carbocycles. The molecule has 0 unspecified atom stereocenters. The van der Waals surface area contributed by atoms with Gasteiger partial charge < -0.3 is 5.32 Å². The number of carbonyl (C=O) groups excluding carboxylic acids is 1. The van der Waals surface area contributed by atoms with E-state index in [1.165, 1.54) is 0 Å². The normalized spacial score (nSPS) is 11.0. The van der Waals surface area contributed by atoms with Gasteiger partial charge in [-0.15, -0.1) is 0 Å². The lowest BCUT2D eigenvalue weighted by atomic mass is 10.2. The molecule has 0 saturated carbocycles. The highest BCUT2D eigenvalue weighted by Gasteiger charge is 2.15. The zero-order chi connectivity index (χ0) is 16.8. The van der Waals surface area contributed by atoms with Crippen molar-refractivity contribution in [2.45, 2.75) is 26.4 Å². The van der Waals surface area contributed by atoms with Gasteiger partial charge in [0.1, 0.15) is 0 Å². The van der Waals surface area contributed by atoms with E-state index >= 15 is 0 Å². The third-order valence-electron chi connectivity index (χ3n) is 3.50. The van der Waals surface area contributed by atoms with E-state index in [2.05, 4.69) is 40.0 Å². The molecule has 0 aliphatic carbocycles. The molecule has 5 heteroatoms. The first kappa shape index (κ1) is 18.0. The third-order valence-corrected chi connectivity index (χ3v) is 4.43. The molecule has 0 aliphatic rings. The van der Waals surface area contributed by atoms with Gasteiger partial charge in [0.05, 0.1) is 12.2 Å². The number of nitrogens with one attached hydrogen (secondary N) is 1. The van der Waals surface area contributed by atoms with E-state index in [1.54, 1.807) is 0 Å². The van der Waals surface area contributed by atoms with Crippen LogP contribution in [0.15, 0.2) is 53.0 Å². The Kier molecular flexibility index (Phi) is 6.63. The molecular weight excluding hydrogens is 376 g/mol. The first-order valence-corrected chi connectivity index (χ1v) is 8.65. The summed E-state index contributed by atoms with van der Waals surface area (Å²) in [6.07, 6.45) is 0. The number of rotatable bonds is 6. The molecule has 0 atom stereocenters. The van der Waals surface area contributed by atoms with E-state index in [-0.39, 0.29) is 11.9 Å². The van der Waals surface area contributed by atoms with Crippen molar-refractivity contribution in [3.63, 3.8) is 0 Å². The van der Waals surface area contributed by atoms with Crippen molar-refractivity contribution in [3.8, 4) is 0 Å². The lowest BCUT2D eigenvalue weighted by Gasteiger charge is -2.26. The number of nitrogens with zero attached hydrogens (tertiary/aromatic N) is 1. The Morgan fingerprint density at radius 3 is 2.61 bits per heavy atom. The summed E-state index contributed by atoms with van der Waals surface area (Å²) in [5.41, 5.74) is 1.88. The minimum Gasteiger partial charge on any atom is -0.324 e. The number of amides is 1. The van der Waals surface area contributed by atoms with E-state index < -0.39 is 0 Å². The Labute approximate surface area is 150 Å². The van der Waals surface area contributed by atoms with Gasteiger partial charge in [-0.2, -0.15) is 0 Å². The van der Waals surface area contributed by atoms with Gasteiger partial charge >= 0.3 is 0 Å². The molecule has 0 radical (unpaired) electrons. The Hall–Kier alpha value is -1.36. The predicted molar refractivity (Wildman–Crippen MR) is 99.8 cm³/mol. The average molecular weight is 396 g/mol. The molecule has 0 fully saturated rings. The topological polar surface area (TPSA) is 32.3 Å². The average Bonchev–Trinajstić information content (AvgIpc) is 2.49. The summed E-state index contributed by atoms with van der Waals surface area (Å²) in [6, 6.07) is 15.6. The van der Waals surface area contributed by atoms with Crippen LogP contribution in [0, 0.1) is 0 Å². The van der Waals surface area contributed by atoms with Crippen LogP contribution < -0.4 is 5.32 Å². The highest BCUT2D eigenvalue weighted by Crippen LogP contribution is 2.21. The molecular formula is C18H20BrClN2O. The van der Waals surface area contributed by atoms with Gasteiger partial charge in [0.2, 0.25) is 5.91 Å². The Morgan fingerprint density at radius 2 is 1.96 bits per heavy atom. The van der Waals surface area contributed by atoms with Crippen LogP contribution in [-0.2, 0) is 11.3 Å². The van der Waals surface area contributed by atoms with Gasteiger partial charge in [0.15, 0.2) is 0 Å². The molecule has 0 aliphatic heterocycles. The molecule has 122 valence electrons. The van der Waals surface area contributed by atoms with E-state index in [0.29, 0.717) is 18.1 Å². The lowest BCUT2D eigenvalue weighted by molar-refractivity contribution is -0.117. The molecule has 0 heterocycles. The second-order valence-electron chi connectivity index (χ2n) is 5.66. The van der Waals surface area contributed by atoms with Crippen molar-refractivity contribution < 1.29 is 4.79 Å². The summed E-state index contributed by atoms with van der Waals surface area (Å²) in [4.78, 5) is 14.4. The molecule has 0 saturated heterocycles. The van der Waals surface area contributed by atoms with Crippen molar-refractivity contribution in [3.05, 3.63) is 63.6 Å². The predicted octanol–water partition coefficient (Wildman–Crippen LogP) is 4.95. The van der Waals surface area contributed by atoms with Gasteiger partial charge in [0, 0.05) is 22.1 Å². The number of anilines is 1. The van der Waals surface area contributed by atoms with Gasteiger partial charge in [-0.3, -0.25) is 9.69 Å². The molecule has 2 rings (SSSR count). The van der Waals surface area contributed by atoms with Crippen molar-refractivity contribution in [1.82, 2.24) is 4.90 Å². The second-order valence-corrected chi connectivity index (χ2v) is 6.95. The van der Waals surface area contributed by atoms with Crippen molar-refractivity contribution in [2.24, 2.45) is 0 Å². The molecule has 0 spiro atoms. The van der Waals surface area contributed by atoms with Crippen LogP contribution in [0.3, 0.4) is 0 Å². The Balaban J connectivity index is 2.01. The molecule has 23 heavy (non-hydrogen) atoms. The molecule has 0 bridgehead atoms. The number of hydrogen-bond donors (Lipinski definition) is 1. The monoisotopic (exact) mass is 394 g/mol. The number of hydrogen-bond acceptors (Lipinski definition) is 2. The van der Waals surface area contributed by atoms with E-state index in [9.17, 15) is 4.79 Å². The van der Waals surface area contributed by atoms with Gasteiger partial charge in [-0.05, 0) is 59.6 Å². The van der Waals surface area contributed by atoms with Crippen LogP contribution in [0.2, 0.25) is 5.02 Å². The molecule has 1 amide bonds. The van der Waals surface area contributed by atoms with Crippen LogP contribution in [0.5, 0.6) is 0 Å². The molecule has 1 N–H and O–H groups in total. The van der Waals surface area contributed by atoms with E-state index in [0.717, 1.165) is 15.7 Å². The molecule has 0 aromatic heterocycles. The summed E-state index contributed by atoms with van der Waals surface area (Å²) in [7, 11) is 0. The van der Waals surface area contributed by atoms with Gasteiger partial charge in [0.25, 0.3) is 0 Å². The first-order valence-electron chi connectivity index (χ1n) is 7.48. The highest BCUT2D eigenvalue weighted by atomic mass is 79.9. The Bertz CT molecular complexity index is 676. The molecule has 2 aromatic rings. The maximum absolute atomic E-state index is 12.3. The van der Waals surface area contributed by atoms with Crippen molar-refractivity contribution in [2.75, 3.05) is 11.9 Å². The third kappa shape index (κ3) is 5.65. The largest absolute Gasteiger partial charge is 0.324 e. The fourth-order valence-electron chi connectivity index (χ4n) is 2.23. The summed E-state index contributed by atoms with van der Waals surface area (Å²) in [6.45, 7) is 5.17. The standard InChI is InChI=1S/C18H20BrClN2O/c1-13(2)22(11-14-6-5-7-15(20)10-14)12-18(23)21-17-9-4-3-8-16(17)19/h3-10,13H,11-12H2,1-2H3,(H,21,23). The highest BCUT2D eigenvalue weighted by molar-refractivity contribution is 9.10. The van der Waals surface area contributed by atoms with Crippen LogP contribution in [0.1, 0.15) is 19.4 Å².